The first-order chi connectivity index (χ1) is 17.9. The van der Waals surface area contributed by atoms with Crippen molar-refractivity contribution >= 4 is 33.7 Å². The monoisotopic (exact) mass is 564 g/mol. The SMILES string of the molecule is CC(C)c1nc(N(C)S(C)(=O)=O)nc(-c2ccc([N+](=O)[O-])cc2)c1/C=C/[C@@H](O)C[C@@H](O)CC(=O)OC(C)(C)C. The van der Waals surface area contributed by atoms with Gasteiger partial charge < -0.3 is 14.9 Å². The molecule has 0 amide bonds. The Balaban J connectivity index is 2.51. The van der Waals surface area contributed by atoms with Crippen molar-refractivity contribution in [3.8, 4) is 11.3 Å². The van der Waals surface area contributed by atoms with Crippen LogP contribution < -0.4 is 4.31 Å². The van der Waals surface area contributed by atoms with Crippen molar-refractivity contribution in [2.24, 2.45) is 0 Å². The van der Waals surface area contributed by atoms with Crippen molar-refractivity contribution in [3.05, 3.63) is 51.7 Å². The number of sulfonamides is 1. The minimum Gasteiger partial charge on any atom is -0.460 e. The van der Waals surface area contributed by atoms with Crippen LogP contribution in [0.3, 0.4) is 0 Å². The molecule has 1 aromatic heterocycles. The maximum absolute atomic E-state index is 12.2. The minimum absolute atomic E-state index is 0.0833. The minimum atomic E-state index is -3.69. The van der Waals surface area contributed by atoms with E-state index in [2.05, 4.69) is 9.97 Å². The van der Waals surface area contributed by atoms with E-state index in [0.29, 0.717) is 22.5 Å². The van der Waals surface area contributed by atoms with Gasteiger partial charge in [-0.05, 0) is 38.8 Å². The van der Waals surface area contributed by atoms with Crippen LogP contribution in [0.2, 0.25) is 0 Å². The molecule has 0 saturated heterocycles. The van der Waals surface area contributed by atoms with Gasteiger partial charge >= 0.3 is 5.97 Å². The number of nitro benzene ring substituents is 1. The predicted molar refractivity (Wildman–Crippen MR) is 148 cm³/mol. The Kier molecular flexibility index (Phi) is 10.3. The summed E-state index contributed by atoms with van der Waals surface area (Å²) in [7, 11) is -2.37. The van der Waals surface area contributed by atoms with Crippen LogP contribution >= 0.6 is 0 Å². The summed E-state index contributed by atoms with van der Waals surface area (Å²) in [6.45, 7) is 8.84. The number of carbonyl (C=O) groups is 1. The van der Waals surface area contributed by atoms with Crippen molar-refractivity contribution in [1.82, 2.24) is 9.97 Å². The Labute approximate surface area is 228 Å². The molecule has 0 spiro atoms. The van der Waals surface area contributed by atoms with Crippen molar-refractivity contribution in [2.45, 2.75) is 71.2 Å². The van der Waals surface area contributed by atoms with E-state index in [4.69, 9.17) is 4.74 Å². The summed E-state index contributed by atoms with van der Waals surface area (Å²) in [4.78, 5) is 31.5. The van der Waals surface area contributed by atoms with Crippen molar-refractivity contribution in [3.63, 3.8) is 0 Å². The number of nitrogens with zero attached hydrogens (tertiary/aromatic N) is 4. The zero-order valence-electron chi connectivity index (χ0n) is 23.2. The molecule has 2 aromatic rings. The number of aromatic nitrogens is 2. The second kappa shape index (κ2) is 12.6. The summed E-state index contributed by atoms with van der Waals surface area (Å²) in [5.41, 5.74) is 0.872. The van der Waals surface area contributed by atoms with Crippen LogP contribution in [0.1, 0.15) is 64.6 Å². The molecule has 1 heterocycles. The van der Waals surface area contributed by atoms with Gasteiger partial charge in [-0.25, -0.2) is 22.7 Å². The highest BCUT2D eigenvalue weighted by molar-refractivity contribution is 7.92. The van der Waals surface area contributed by atoms with Gasteiger partial charge in [-0.2, -0.15) is 0 Å². The van der Waals surface area contributed by atoms with E-state index in [0.717, 1.165) is 10.6 Å². The zero-order valence-corrected chi connectivity index (χ0v) is 24.0. The third-order valence-corrected chi connectivity index (χ3v) is 6.62. The van der Waals surface area contributed by atoms with Gasteiger partial charge in [-0.1, -0.05) is 26.0 Å². The first-order valence-corrected chi connectivity index (χ1v) is 14.1. The number of non-ortho nitro benzene ring substituents is 1. The fraction of sp³-hybridized carbons (Fsp3) is 0.500. The number of benzene rings is 1. The summed E-state index contributed by atoms with van der Waals surface area (Å²) in [6.07, 6.45) is 1.26. The Bertz CT molecular complexity index is 1320. The highest BCUT2D eigenvalue weighted by Crippen LogP contribution is 2.32. The average Bonchev–Trinajstić information content (AvgIpc) is 2.79. The van der Waals surface area contributed by atoms with Crippen LogP contribution in [-0.4, -0.2) is 70.6 Å². The number of aliphatic hydroxyl groups excluding tert-OH is 2. The Hall–Kier alpha value is -3.42. The van der Waals surface area contributed by atoms with Gasteiger partial charge in [0.2, 0.25) is 16.0 Å². The van der Waals surface area contributed by atoms with Crippen LogP contribution in [-0.2, 0) is 19.6 Å². The summed E-state index contributed by atoms with van der Waals surface area (Å²) < 4.78 is 30.5. The second-order valence-electron chi connectivity index (χ2n) is 10.5. The summed E-state index contributed by atoms with van der Waals surface area (Å²) in [6, 6.07) is 5.60. The molecule has 0 aliphatic heterocycles. The van der Waals surface area contributed by atoms with Crippen LogP contribution in [0, 0.1) is 10.1 Å². The van der Waals surface area contributed by atoms with Crippen molar-refractivity contribution in [2.75, 3.05) is 17.6 Å². The Morgan fingerprint density at radius 2 is 1.77 bits per heavy atom. The van der Waals surface area contributed by atoms with Gasteiger partial charge in [-0.15, -0.1) is 0 Å². The molecule has 0 radical (unpaired) electrons. The summed E-state index contributed by atoms with van der Waals surface area (Å²) in [5.74, 6) is -0.876. The van der Waals surface area contributed by atoms with Crippen LogP contribution in [0.5, 0.6) is 0 Å². The molecule has 0 fully saturated rings. The molecule has 1 aromatic carbocycles. The number of rotatable bonds is 11. The highest BCUT2D eigenvalue weighted by atomic mass is 32.2. The number of ether oxygens (including phenoxy) is 1. The predicted octanol–water partition coefficient (Wildman–Crippen LogP) is 3.43. The molecule has 214 valence electrons. The number of hydrogen-bond donors (Lipinski definition) is 2. The number of esters is 1. The molecule has 39 heavy (non-hydrogen) atoms. The van der Waals surface area contributed by atoms with Gasteiger partial charge in [0.1, 0.15) is 5.60 Å². The number of anilines is 1. The first-order valence-electron chi connectivity index (χ1n) is 12.3. The standard InChI is InChI=1S/C26H36N4O8S/c1-16(2)23-21(13-12-19(31)14-20(32)15-22(33)38-26(3,4)5)24(17-8-10-18(11-9-17)30(34)35)28-25(27-23)29(6)39(7,36)37/h8-13,16,19-20,31-32H,14-15H2,1-7H3/b13-12+/t19-,20-/m1/s1. The highest BCUT2D eigenvalue weighted by Gasteiger charge is 2.24. The summed E-state index contributed by atoms with van der Waals surface area (Å²) >= 11 is 0. The van der Waals surface area contributed by atoms with Gasteiger partial charge in [-0.3, -0.25) is 14.9 Å². The van der Waals surface area contributed by atoms with Crippen LogP contribution in [0.15, 0.2) is 30.3 Å². The fourth-order valence-electron chi connectivity index (χ4n) is 3.55. The van der Waals surface area contributed by atoms with Gasteiger partial charge in [0.25, 0.3) is 5.69 Å². The lowest BCUT2D eigenvalue weighted by molar-refractivity contribution is -0.384. The number of hydrogen-bond acceptors (Lipinski definition) is 10. The zero-order chi connectivity index (χ0) is 29.7. The van der Waals surface area contributed by atoms with E-state index in [1.54, 1.807) is 26.8 Å². The topological polar surface area (TPSA) is 173 Å². The molecule has 0 bridgehead atoms. The van der Waals surface area contributed by atoms with Gasteiger partial charge in [0, 0.05) is 36.7 Å². The van der Waals surface area contributed by atoms with E-state index >= 15 is 0 Å². The quantitative estimate of drug-likeness (QED) is 0.234. The number of nitro groups is 1. The van der Waals surface area contributed by atoms with Crippen LogP contribution in [0.4, 0.5) is 11.6 Å². The Morgan fingerprint density at radius 1 is 1.18 bits per heavy atom. The maximum Gasteiger partial charge on any atom is 0.308 e. The molecular formula is C26H36N4O8S. The maximum atomic E-state index is 12.2. The van der Waals surface area contributed by atoms with E-state index in [-0.39, 0.29) is 30.4 Å². The molecule has 0 saturated carbocycles. The molecule has 0 aliphatic rings. The lowest BCUT2D eigenvalue weighted by Gasteiger charge is -2.21. The molecule has 2 N–H and O–H groups in total. The third kappa shape index (κ3) is 9.37. The lowest BCUT2D eigenvalue weighted by atomic mass is 9.97. The van der Waals surface area contributed by atoms with Crippen molar-refractivity contribution in [1.29, 1.82) is 0 Å². The molecule has 0 aliphatic carbocycles. The fourth-order valence-corrected chi connectivity index (χ4v) is 3.93. The smallest absolute Gasteiger partial charge is 0.308 e. The van der Waals surface area contributed by atoms with Gasteiger partial charge in [0.15, 0.2) is 0 Å². The van der Waals surface area contributed by atoms with E-state index < -0.39 is 38.7 Å². The molecule has 13 heteroatoms. The largest absolute Gasteiger partial charge is 0.460 e. The van der Waals surface area contributed by atoms with Crippen molar-refractivity contribution < 1.29 is 33.1 Å². The van der Waals surface area contributed by atoms with E-state index in [1.165, 1.54) is 37.4 Å². The summed E-state index contributed by atoms with van der Waals surface area (Å²) in [5, 5.41) is 32.0. The molecule has 0 unspecified atom stereocenters. The third-order valence-electron chi connectivity index (χ3n) is 5.46. The molecule has 2 rings (SSSR count). The first kappa shape index (κ1) is 31.8. The molecular weight excluding hydrogens is 528 g/mol. The van der Waals surface area contributed by atoms with Gasteiger partial charge in [0.05, 0.1) is 41.2 Å². The average molecular weight is 565 g/mol. The number of carbonyl (C=O) groups excluding carboxylic acids is 1. The number of aliphatic hydroxyl groups is 2. The van der Waals surface area contributed by atoms with E-state index in [1.807, 2.05) is 13.8 Å². The van der Waals surface area contributed by atoms with E-state index in [9.17, 15) is 33.5 Å². The second-order valence-corrected chi connectivity index (χ2v) is 12.5. The molecule has 12 nitrogen and oxygen atoms in total. The lowest BCUT2D eigenvalue weighted by Crippen LogP contribution is -2.28. The van der Waals surface area contributed by atoms with Crippen LogP contribution in [0.25, 0.3) is 17.3 Å². The Morgan fingerprint density at radius 3 is 2.26 bits per heavy atom. The molecule has 2 atom stereocenters. The normalized spacial score (nSPS) is 13.9.